The highest BCUT2D eigenvalue weighted by Crippen LogP contribution is 2.14. The van der Waals surface area contributed by atoms with Gasteiger partial charge in [-0.3, -0.25) is 9.78 Å². The molecule has 1 aromatic heterocycles. The molecule has 3 aromatic rings. The monoisotopic (exact) mass is 363 g/mol. The lowest BCUT2D eigenvalue weighted by Gasteiger charge is -2.14. The maximum Gasteiger partial charge on any atom is 0.270 e. The molecule has 27 heavy (non-hydrogen) atoms. The van der Waals surface area contributed by atoms with Crippen LogP contribution in [0, 0.1) is 5.82 Å². The van der Waals surface area contributed by atoms with Crippen LogP contribution in [0.4, 0.5) is 10.1 Å². The van der Waals surface area contributed by atoms with E-state index >= 15 is 0 Å². The van der Waals surface area contributed by atoms with Crippen LogP contribution in [0.15, 0.2) is 72.9 Å². The molecule has 1 amide bonds. The zero-order valence-electron chi connectivity index (χ0n) is 15.2. The summed E-state index contributed by atoms with van der Waals surface area (Å²) in [6, 6.07) is 19.9. The average Bonchev–Trinajstić information content (AvgIpc) is 2.70. The number of nitrogens with one attached hydrogen (secondary N) is 2. The van der Waals surface area contributed by atoms with Crippen molar-refractivity contribution in [3.8, 4) is 0 Å². The van der Waals surface area contributed by atoms with Crippen LogP contribution in [0.25, 0.3) is 0 Å². The van der Waals surface area contributed by atoms with E-state index in [0.29, 0.717) is 24.2 Å². The summed E-state index contributed by atoms with van der Waals surface area (Å²) in [5.74, 6) is -0.437. The molecule has 0 aliphatic rings. The number of benzene rings is 2. The minimum absolute atomic E-state index is 0.113. The Morgan fingerprint density at radius 1 is 1.07 bits per heavy atom. The molecule has 0 aliphatic heterocycles. The van der Waals surface area contributed by atoms with Gasteiger partial charge in [0.1, 0.15) is 11.5 Å². The molecular formula is C22H22FN3O. The molecule has 0 aliphatic carbocycles. The molecule has 0 saturated carbocycles. The summed E-state index contributed by atoms with van der Waals surface area (Å²) in [4.78, 5) is 16.6. The van der Waals surface area contributed by atoms with Crippen LogP contribution in [-0.2, 0) is 6.42 Å². The minimum atomic E-state index is -0.232. The van der Waals surface area contributed by atoms with Gasteiger partial charge in [0.25, 0.3) is 5.91 Å². The van der Waals surface area contributed by atoms with E-state index < -0.39 is 0 Å². The number of halogens is 1. The number of hydrogen-bond acceptors (Lipinski definition) is 3. The van der Waals surface area contributed by atoms with E-state index in [-0.39, 0.29) is 17.8 Å². The molecular weight excluding hydrogens is 341 g/mol. The molecule has 3 rings (SSSR count). The molecule has 138 valence electrons. The molecule has 1 atom stereocenters. The van der Waals surface area contributed by atoms with Gasteiger partial charge in [-0.25, -0.2) is 4.39 Å². The Morgan fingerprint density at radius 2 is 1.81 bits per heavy atom. The summed E-state index contributed by atoms with van der Waals surface area (Å²) >= 11 is 0. The van der Waals surface area contributed by atoms with Crippen LogP contribution >= 0.6 is 0 Å². The van der Waals surface area contributed by atoms with E-state index in [1.807, 2.05) is 43.3 Å². The van der Waals surface area contributed by atoms with E-state index in [9.17, 15) is 9.18 Å². The number of nitrogens with zero attached hydrogens (tertiary/aromatic N) is 1. The van der Waals surface area contributed by atoms with Crippen molar-refractivity contribution in [3.05, 3.63) is 95.6 Å². The molecule has 0 bridgehead atoms. The molecule has 1 unspecified atom stereocenters. The fourth-order valence-electron chi connectivity index (χ4n) is 2.80. The first-order valence-electron chi connectivity index (χ1n) is 8.92. The topological polar surface area (TPSA) is 54.0 Å². The molecule has 2 aromatic carbocycles. The summed E-state index contributed by atoms with van der Waals surface area (Å²) in [7, 11) is 0. The van der Waals surface area contributed by atoms with Crippen LogP contribution in [0.5, 0.6) is 0 Å². The Kier molecular flexibility index (Phi) is 6.15. The predicted molar refractivity (Wildman–Crippen MR) is 105 cm³/mol. The summed E-state index contributed by atoms with van der Waals surface area (Å²) in [5, 5.41) is 6.16. The quantitative estimate of drug-likeness (QED) is 0.655. The first-order valence-corrected chi connectivity index (χ1v) is 8.92. The Bertz CT molecular complexity index is 899. The molecule has 0 fully saturated rings. The second-order valence-electron chi connectivity index (χ2n) is 6.30. The number of pyridine rings is 1. The molecule has 5 heteroatoms. The smallest absolute Gasteiger partial charge is 0.270 e. The van der Waals surface area contributed by atoms with Crippen molar-refractivity contribution in [1.29, 1.82) is 0 Å². The molecule has 1 heterocycles. The average molecular weight is 363 g/mol. The molecule has 2 N–H and O–H groups in total. The Morgan fingerprint density at radius 3 is 2.59 bits per heavy atom. The molecule has 0 radical (unpaired) electrons. The second-order valence-corrected chi connectivity index (χ2v) is 6.30. The Labute approximate surface area is 158 Å². The summed E-state index contributed by atoms with van der Waals surface area (Å²) in [6.07, 6.45) is 2.15. The van der Waals surface area contributed by atoms with E-state index in [1.165, 1.54) is 6.07 Å². The van der Waals surface area contributed by atoms with Gasteiger partial charge in [0, 0.05) is 18.4 Å². The van der Waals surface area contributed by atoms with Crippen LogP contribution < -0.4 is 10.6 Å². The van der Waals surface area contributed by atoms with Crippen LogP contribution in [0.3, 0.4) is 0 Å². The van der Waals surface area contributed by atoms with E-state index in [2.05, 4.69) is 15.6 Å². The minimum Gasteiger partial charge on any atom is -0.385 e. The molecule has 0 spiro atoms. The normalized spacial score (nSPS) is 11.6. The van der Waals surface area contributed by atoms with Crippen LogP contribution in [0.1, 0.15) is 34.6 Å². The number of hydrogen-bond donors (Lipinski definition) is 2. The number of amides is 1. The Hall–Kier alpha value is -3.21. The highest BCUT2D eigenvalue weighted by Gasteiger charge is 2.12. The third-order valence-electron chi connectivity index (χ3n) is 4.32. The van der Waals surface area contributed by atoms with Crippen LogP contribution in [0.2, 0.25) is 0 Å². The second kappa shape index (κ2) is 8.94. The number of carbonyl (C=O) groups excluding carboxylic acids is 1. The molecule has 4 nitrogen and oxygen atoms in total. The summed E-state index contributed by atoms with van der Waals surface area (Å²) in [5.41, 5.74) is 2.81. The van der Waals surface area contributed by atoms with Crippen molar-refractivity contribution in [3.63, 3.8) is 0 Å². The number of anilines is 1. The maximum atomic E-state index is 13.7. The zero-order valence-corrected chi connectivity index (χ0v) is 15.2. The van der Waals surface area contributed by atoms with Gasteiger partial charge in [-0.05, 0) is 42.7 Å². The van der Waals surface area contributed by atoms with Gasteiger partial charge < -0.3 is 10.6 Å². The Balaban J connectivity index is 1.58. The van der Waals surface area contributed by atoms with Gasteiger partial charge in [-0.1, -0.05) is 48.5 Å². The largest absolute Gasteiger partial charge is 0.385 e. The van der Waals surface area contributed by atoms with Crippen molar-refractivity contribution in [2.45, 2.75) is 19.4 Å². The first kappa shape index (κ1) is 18.6. The SMILES string of the molecule is CC(NC(=O)c1cc(NCCc2ccccc2F)ccn1)c1ccccc1. The summed E-state index contributed by atoms with van der Waals surface area (Å²) in [6.45, 7) is 2.50. The van der Waals surface area contributed by atoms with Gasteiger partial charge in [0.05, 0.1) is 6.04 Å². The van der Waals surface area contributed by atoms with Crippen molar-refractivity contribution >= 4 is 11.6 Å². The van der Waals surface area contributed by atoms with Gasteiger partial charge in [0.2, 0.25) is 0 Å². The lowest BCUT2D eigenvalue weighted by molar-refractivity contribution is 0.0935. The zero-order chi connectivity index (χ0) is 19.1. The van der Waals surface area contributed by atoms with E-state index in [4.69, 9.17) is 0 Å². The maximum absolute atomic E-state index is 13.7. The highest BCUT2D eigenvalue weighted by atomic mass is 19.1. The van der Waals surface area contributed by atoms with Crippen molar-refractivity contribution < 1.29 is 9.18 Å². The van der Waals surface area contributed by atoms with Gasteiger partial charge in [-0.2, -0.15) is 0 Å². The molecule has 0 saturated heterocycles. The van der Waals surface area contributed by atoms with Crippen molar-refractivity contribution in [2.75, 3.05) is 11.9 Å². The third kappa shape index (κ3) is 5.14. The fourth-order valence-corrected chi connectivity index (χ4v) is 2.80. The van der Waals surface area contributed by atoms with Gasteiger partial charge >= 0.3 is 0 Å². The van der Waals surface area contributed by atoms with Crippen LogP contribution in [-0.4, -0.2) is 17.4 Å². The van der Waals surface area contributed by atoms with E-state index in [0.717, 1.165) is 11.3 Å². The van der Waals surface area contributed by atoms with Crippen molar-refractivity contribution in [1.82, 2.24) is 10.3 Å². The third-order valence-corrected chi connectivity index (χ3v) is 4.32. The number of aromatic nitrogens is 1. The fraction of sp³-hybridized carbons (Fsp3) is 0.182. The number of carbonyl (C=O) groups is 1. The lowest BCUT2D eigenvalue weighted by atomic mass is 10.1. The standard InChI is InChI=1S/C22H22FN3O/c1-16(17-7-3-2-4-8-17)26-22(27)21-15-19(12-14-25-21)24-13-11-18-9-5-6-10-20(18)23/h2-10,12,14-16H,11,13H2,1H3,(H,24,25)(H,26,27). The van der Waals surface area contributed by atoms with Gasteiger partial charge in [0.15, 0.2) is 0 Å². The summed E-state index contributed by atoms with van der Waals surface area (Å²) < 4.78 is 13.7. The van der Waals surface area contributed by atoms with E-state index in [1.54, 1.807) is 30.5 Å². The highest BCUT2D eigenvalue weighted by molar-refractivity contribution is 5.93. The predicted octanol–water partition coefficient (Wildman–Crippen LogP) is 4.37. The first-order chi connectivity index (χ1) is 13.1. The lowest BCUT2D eigenvalue weighted by Crippen LogP contribution is -2.27. The van der Waals surface area contributed by atoms with Crippen molar-refractivity contribution in [2.24, 2.45) is 0 Å². The number of rotatable bonds is 7. The van der Waals surface area contributed by atoms with Gasteiger partial charge in [-0.15, -0.1) is 0 Å².